The van der Waals surface area contributed by atoms with Crippen molar-refractivity contribution in [3.63, 3.8) is 0 Å². The highest BCUT2D eigenvalue weighted by Gasteiger charge is 2.44. The summed E-state index contributed by atoms with van der Waals surface area (Å²) in [7, 11) is 3.73. The normalized spacial score (nSPS) is 19.7. The third-order valence-corrected chi connectivity index (χ3v) is 12.8. The molecule has 62 heavy (non-hydrogen) atoms. The first-order valence-electron chi connectivity index (χ1n) is 22.0. The quantitative estimate of drug-likeness (QED) is 0.106. The molecule has 2 saturated heterocycles. The largest absolute Gasteiger partial charge is 0.486 e. The van der Waals surface area contributed by atoms with E-state index in [1.165, 1.54) is 0 Å². The van der Waals surface area contributed by atoms with Gasteiger partial charge in [-0.25, -0.2) is 13.9 Å². The predicted octanol–water partition coefficient (Wildman–Crippen LogP) is 9.48. The number of fused-ring (bicyclic) bond motifs is 2. The monoisotopic (exact) mass is 844 g/mol. The summed E-state index contributed by atoms with van der Waals surface area (Å²) < 4.78 is 49.5. The number of terminal acetylenes is 1. The van der Waals surface area contributed by atoms with E-state index in [1.807, 2.05) is 69.9 Å². The van der Waals surface area contributed by atoms with Gasteiger partial charge in [-0.2, -0.15) is 15.1 Å². The molecule has 13 heteroatoms. The van der Waals surface area contributed by atoms with Gasteiger partial charge in [0.2, 0.25) is 0 Å². The van der Waals surface area contributed by atoms with Gasteiger partial charge < -0.3 is 33.5 Å². The van der Waals surface area contributed by atoms with Crippen LogP contribution in [0.15, 0.2) is 42.6 Å². The van der Waals surface area contributed by atoms with Crippen molar-refractivity contribution < 1.29 is 32.9 Å². The van der Waals surface area contributed by atoms with Crippen molar-refractivity contribution in [2.75, 3.05) is 52.0 Å². The molecular formula is C49H57FN6O6. The van der Waals surface area contributed by atoms with Crippen LogP contribution in [0.2, 0.25) is 0 Å². The number of hydrogen-bond donors (Lipinski definition) is 0. The van der Waals surface area contributed by atoms with Crippen LogP contribution in [0.4, 0.5) is 15.0 Å². The molecule has 0 spiro atoms. The van der Waals surface area contributed by atoms with E-state index in [0.717, 1.165) is 83.5 Å². The van der Waals surface area contributed by atoms with E-state index < -0.39 is 5.60 Å². The second-order valence-electron chi connectivity index (χ2n) is 18.7. The summed E-state index contributed by atoms with van der Waals surface area (Å²) in [6.45, 7) is 10.3. The van der Waals surface area contributed by atoms with Gasteiger partial charge >= 0.3 is 12.1 Å². The van der Waals surface area contributed by atoms with Gasteiger partial charge in [0, 0.05) is 78.8 Å². The maximum atomic E-state index is 16.6. The van der Waals surface area contributed by atoms with E-state index in [0.29, 0.717) is 67.5 Å². The van der Waals surface area contributed by atoms with Gasteiger partial charge in [0.25, 0.3) is 0 Å². The second kappa shape index (κ2) is 16.7. The van der Waals surface area contributed by atoms with Gasteiger partial charge in [-0.1, -0.05) is 18.1 Å². The van der Waals surface area contributed by atoms with Gasteiger partial charge in [-0.15, -0.1) is 6.42 Å². The zero-order valence-electron chi connectivity index (χ0n) is 36.8. The van der Waals surface area contributed by atoms with E-state index in [1.54, 1.807) is 18.1 Å². The van der Waals surface area contributed by atoms with Gasteiger partial charge in [0.15, 0.2) is 12.0 Å². The molecule has 0 N–H and O–H groups in total. The van der Waals surface area contributed by atoms with E-state index in [4.69, 9.17) is 45.2 Å². The summed E-state index contributed by atoms with van der Waals surface area (Å²) in [5.74, 6) is 3.75. The summed E-state index contributed by atoms with van der Waals surface area (Å²) in [5, 5.41) is 6.45. The van der Waals surface area contributed by atoms with Gasteiger partial charge in [0.05, 0.1) is 24.9 Å². The van der Waals surface area contributed by atoms with Crippen LogP contribution in [0.1, 0.15) is 107 Å². The van der Waals surface area contributed by atoms with Crippen molar-refractivity contribution >= 4 is 33.7 Å². The Bertz CT molecular complexity index is 2530. The highest BCUT2D eigenvalue weighted by molar-refractivity contribution is 6.06. The zero-order chi connectivity index (χ0) is 43.3. The molecule has 0 radical (unpaired) electrons. The molecule has 9 rings (SSSR count). The zero-order valence-corrected chi connectivity index (χ0v) is 36.8. The molecular weight excluding hydrogens is 788 g/mol. The number of carbonyl (C=O) groups excluding carboxylic acids is 1. The molecule has 0 bridgehead atoms. The Kier molecular flexibility index (Phi) is 11.3. The fourth-order valence-corrected chi connectivity index (χ4v) is 9.00. The first kappa shape index (κ1) is 41.9. The van der Waals surface area contributed by atoms with Crippen LogP contribution >= 0.6 is 0 Å². The fraction of sp³-hybridized carbons (Fsp3) is 0.510. The van der Waals surface area contributed by atoms with E-state index in [9.17, 15) is 4.79 Å². The number of halogens is 1. The minimum Gasteiger partial charge on any atom is -0.486 e. The Hall–Kier alpha value is -5.45. The number of carbonyl (C=O) groups is 1. The predicted molar refractivity (Wildman–Crippen MR) is 236 cm³/mol. The molecule has 2 aliphatic carbocycles. The molecule has 5 aromatic rings. The van der Waals surface area contributed by atoms with Crippen LogP contribution in [0, 0.1) is 30.5 Å². The van der Waals surface area contributed by atoms with Crippen LogP contribution in [0.5, 0.6) is 11.8 Å². The Labute approximate surface area is 363 Å². The number of amides is 1. The summed E-state index contributed by atoms with van der Waals surface area (Å²) >= 11 is 0. The molecule has 326 valence electrons. The molecule has 1 amide bonds. The number of nitrogens with zero attached hydrogens (tertiary/aromatic N) is 6. The number of rotatable bonds is 13. The van der Waals surface area contributed by atoms with E-state index >= 15 is 4.39 Å². The lowest BCUT2D eigenvalue weighted by Crippen LogP contribution is -2.39. The van der Waals surface area contributed by atoms with Crippen LogP contribution in [-0.4, -0.2) is 89.5 Å². The molecule has 12 nitrogen and oxygen atoms in total. The maximum absolute atomic E-state index is 16.6. The molecule has 2 aromatic heterocycles. The number of likely N-dealkylation sites (N-methyl/N-ethyl adjacent to an activating group) is 1. The highest BCUT2D eigenvalue weighted by atomic mass is 19.1. The summed E-state index contributed by atoms with van der Waals surface area (Å²) in [4.78, 5) is 27.5. The Morgan fingerprint density at radius 1 is 1.03 bits per heavy atom. The molecule has 2 aliphatic heterocycles. The third-order valence-electron chi connectivity index (χ3n) is 12.8. The van der Waals surface area contributed by atoms with Crippen molar-refractivity contribution in [2.45, 2.75) is 109 Å². The molecule has 1 unspecified atom stereocenters. The average molecular weight is 845 g/mol. The fourth-order valence-electron chi connectivity index (χ4n) is 9.00. The molecule has 4 heterocycles. The lowest BCUT2D eigenvalue weighted by atomic mass is 9.88. The van der Waals surface area contributed by atoms with Crippen molar-refractivity contribution in [1.29, 1.82) is 0 Å². The Morgan fingerprint density at radius 2 is 1.82 bits per heavy atom. The number of aromatic nitrogens is 4. The maximum Gasteiger partial charge on any atom is 0.410 e. The van der Waals surface area contributed by atoms with Crippen molar-refractivity contribution in [1.82, 2.24) is 24.6 Å². The summed E-state index contributed by atoms with van der Waals surface area (Å²) in [6, 6.07) is 11.6. The lowest BCUT2D eigenvalue weighted by Gasteiger charge is -2.29. The van der Waals surface area contributed by atoms with Crippen molar-refractivity contribution in [2.24, 2.45) is 5.41 Å². The number of hydrogen-bond acceptors (Lipinski definition) is 10. The van der Waals surface area contributed by atoms with Crippen molar-refractivity contribution in [3.8, 4) is 35.2 Å². The SMILES string of the molecule is C#Cc1ccc(COc2c(-c3c(C)c(F)cc4c3cnn4C3CCCCO3)c(C3CC3)cc3c(N(C)[C@H]4CCN(C(=O)OC(C)(C)C)C4)nc(OCC4(COC)CC4)nc23)cc1. The highest BCUT2D eigenvalue weighted by Crippen LogP contribution is 2.54. The van der Waals surface area contributed by atoms with Crippen LogP contribution < -0.4 is 14.4 Å². The molecule has 2 atom stereocenters. The first-order chi connectivity index (χ1) is 29.8. The molecule has 4 fully saturated rings. The number of ether oxygens (including phenoxy) is 5. The number of benzene rings is 3. The van der Waals surface area contributed by atoms with Gasteiger partial charge in [-0.05, 0) is 120 Å². The topological polar surface area (TPSA) is 113 Å². The Balaban J connectivity index is 1.24. The lowest BCUT2D eigenvalue weighted by molar-refractivity contribution is -0.0366. The number of anilines is 1. The Morgan fingerprint density at radius 3 is 2.50 bits per heavy atom. The number of likely N-dealkylation sites (tertiary alicyclic amines) is 1. The van der Waals surface area contributed by atoms with E-state index in [2.05, 4.69) is 16.9 Å². The third kappa shape index (κ3) is 8.39. The minimum absolute atomic E-state index is 0.0715. The number of methoxy groups -OCH3 is 1. The van der Waals surface area contributed by atoms with Crippen molar-refractivity contribution in [3.05, 3.63) is 70.7 Å². The first-order valence-corrected chi connectivity index (χ1v) is 22.0. The summed E-state index contributed by atoms with van der Waals surface area (Å²) in [5.41, 5.74) is 5.25. The summed E-state index contributed by atoms with van der Waals surface area (Å²) in [6.07, 6.45) is 14.4. The van der Waals surface area contributed by atoms with Crippen LogP contribution in [0.3, 0.4) is 0 Å². The second-order valence-corrected chi connectivity index (χ2v) is 18.7. The van der Waals surface area contributed by atoms with Crippen LogP contribution in [0.25, 0.3) is 32.9 Å². The van der Waals surface area contributed by atoms with Gasteiger partial charge in [0.1, 0.15) is 29.4 Å². The minimum atomic E-state index is -0.609. The molecule has 2 saturated carbocycles. The molecule has 4 aliphatic rings. The van der Waals surface area contributed by atoms with E-state index in [-0.39, 0.29) is 48.1 Å². The average Bonchev–Trinajstić information content (AvgIpc) is 4.16. The molecule has 3 aromatic carbocycles. The smallest absolute Gasteiger partial charge is 0.410 e. The van der Waals surface area contributed by atoms with Gasteiger partial charge in [-0.3, -0.25) is 0 Å². The standard InChI is InChI=1S/C49H57FN6O6/c1-8-31-12-14-32(15-13-31)27-60-44-42(41-30(2)38(50)24-39-37(41)25-51-56(39)40-11-9-10-22-59-40)35(33-16-17-33)23-36-43(44)52-46(61-29-49(19-20-49)28-58-7)53-45(36)54(6)34-18-21-55(26-34)47(57)62-48(3,4)5/h1,12-15,23-25,33-34,40H,9-11,16-22,26-29H2,2-7H3/t34-,40?/m0/s1. The van der Waals surface area contributed by atoms with Crippen LogP contribution in [-0.2, 0) is 20.8 Å².